The Bertz CT molecular complexity index is 1280. The molecule has 180 valence electrons. The molecule has 1 amide bonds. The van der Waals surface area contributed by atoms with Crippen molar-refractivity contribution in [3.8, 4) is 5.75 Å². The van der Waals surface area contributed by atoms with Gasteiger partial charge in [0.25, 0.3) is 0 Å². The van der Waals surface area contributed by atoms with E-state index in [0.29, 0.717) is 6.42 Å². The van der Waals surface area contributed by atoms with Crippen molar-refractivity contribution in [2.45, 2.75) is 12.8 Å². The highest BCUT2D eigenvalue weighted by molar-refractivity contribution is 7.13. The lowest BCUT2D eigenvalue weighted by Gasteiger charge is -2.35. The molecule has 3 aromatic carbocycles. The number of ether oxygens (including phenoxy) is 1. The summed E-state index contributed by atoms with van der Waals surface area (Å²) in [5.41, 5.74) is 3.04. The third kappa shape index (κ3) is 5.81. The smallest absolute Gasteiger partial charge is 0.228 e. The number of carbonyl (C=O) groups is 1. The van der Waals surface area contributed by atoms with Gasteiger partial charge in [-0.3, -0.25) is 9.69 Å². The van der Waals surface area contributed by atoms with Gasteiger partial charge in [0.2, 0.25) is 5.91 Å². The van der Waals surface area contributed by atoms with Gasteiger partial charge in [-0.05, 0) is 65.5 Å². The number of amides is 1. The summed E-state index contributed by atoms with van der Waals surface area (Å²) < 4.78 is 11.2. The molecule has 7 heteroatoms. The molecule has 0 bridgehead atoms. The van der Waals surface area contributed by atoms with Crippen LogP contribution in [0.25, 0.3) is 10.1 Å². The average Bonchev–Trinajstić information content (AvgIpc) is 3.33. The number of anilines is 2. The summed E-state index contributed by atoms with van der Waals surface area (Å²) in [6.07, 6.45) is 1.32. The molecule has 0 spiro atoms. The number of nitrogens with one attached hydrogen (secondary N) is 1. The second-order valence-corrected chi connectivity index (χ2v) is 9.66. The molecule has 0 radical (unpaired) electrons. The molecule has 1 saturated heterocycles. The summed E-state index contributed by atoms with van der Waals surface area (Å²) >= 11 is 1.59. The number of fused-ring (bicyclic) bond motifs is 1. The van der Waals surface area contributed by atoms with E-state index in [0.717, 1.165) is 62.0 Å². The lowest BCUT2D eigenvalue weighted by atomic mass is 10.1. The minimum atomic E-state index is -0.0308. The van der Waals surface area contributed by atoms with Crippen LogP contribution < -0.4 is 15.0 Å². The summed E-state index contributed by atoms with van der Waals surface area (Å²) in [6.45, 7) is 5.14. The maximum Gasteiger partial charge on any atom is 0.228 e. The highest BCUT2D eigenvalue weighted by Crippen LogP contribution is 2.29. The first-order valence-corrected chi connectivity index (χ1v) is 12.8. The number of hydrogen-bond acceptors (Lipinski definition) is 6. The van der Waals surface area contributed by atoms with Gasteiger partial charge in [0.05, 0.1) is 18.2 Å². The first-order chi connectivity index (χ1) is 17.2. The fourth-order valence-electron chi connectivity index (χ4n) is 4.50. The van der Waals surface area contributed by atoms with Crippen LogP contribution in [0.5, 0.6) is 5.75 Å². The third-order valence-corrected chi connectivity index (χ3v) is 7.30. The summed E-state index contributed by atoms with van der Waals surface area (Å²) in [7, 11) is 1.63. The number of rotatable bonds is 8. The molecule has 0 unspecified atom stereocenters. The lowest BCUT2D eigenvalue weighted by molar-refractivity contribution is -0.115. The fraction of sp³-hybridized carbons (Fsp3) is 0.286. The Labute approximate surface area is 210 Å². The van der Waals surface area contributed by atoms with Crippen LogP contribution in [-0.4, -0.2) is 55.0 Å². The van der Waals surface area contributed by atoms with E-state index in [1.54, 1.807) is 18.6 Å². The Morgan fingerprint density at radius 2 is 1.77 bits per heavy atom. The molecule has 0 atom stereocenters. The van der Waals surface area contributed by atoms with E-state index >= 15 is 0 Å². The maximum atomic E-state index is 12.4. The molecule has 4 aromatic rings. The first-order valence-electron chi connectivity index (χ1n) is 12.0. The summed E-state index contributed by atoms with van der Waals surface area (Å²) in [4.78, 5) is 17.4. The van der Waals surface area contributed by atoms with E-state index < -0.39 is 0 Å². The number of aromatic nitrogens is 1. The zero-order chi connectivity index (χ0) is 24.0. The fourth-order valence-corrected chi connectivity index (χ4v) is 5.29. The van der Waals surface area contributed by atoms with Crippen molar-refractivity contribution in [2.24, 2.45) is 0 Å². The molecule has 1 aliphatic rings. The number of piperazine rings is 1. The van der Waals surface area contributed by atoms with E-state index in [9.17, 15) is 4.79 Å². The highest BCUT2D eigenvalue weighted by Gasteiger charge is 2.20. The SMILES string of the molecule is COc1cccc(CC(=O)Nc2ccc(CCN3CCN(c4nsc5ccccc45)CC3)cc2)c1. The molecule has 1 N–H and O–H groups in total. The van der Waals surface area contributed by atoms with E-state index in [4.69, 9.17) is 9.11 Å². The first kappa shape index (κ1) is 23.3. The van der Waals surface area contributed by atoms with Crippen molar-refractivity contribution < 1.29 is 9.53 Å². The average molecular weight is 487 g/mol. The summed E-state index contributed by atoms with van der Waals surface area (Å²) in [5, 5.41) is 4.26. The summed E-state index contributed by atoms with van der Waals surface area (Å²) in [6, 6.07) is 24.3. The molecule has 0 aliphatic carbocycles. The number of hydrogen-bond donors (Lipinski definition) is 1. The van der Waals surface area contributed by atoms with Crippen LogP contribution in [0.1, 0.15) is 11.1 Å². The normalized spacial score (nSPS) is 14.3. The van der Waals surface area contributed by atoms with Crippen molar-refractivity contribution >= 4 is 39.0 Å². The monoisotopic (exact) mass is 486 g/mol. The van der Waals surface area contributed by atoms with E-state index in [1.807, 2.05) is 36.4 Å². The van der Waals surface area contributed by atoms with Gasteiger partial charge in [-0.15, -0.1) is 0 Å². The zero-order valence-electron chi connectivity index (χ0n) is 19.9. The van der Waals surface area contributed by atoms with E-state index in [-0.39, 0.29) is 5.91 Å². The molecular formula is C28H30N4O2S. The van der Waals surface area contributed by atoms with Crippen LogP contribution in [0.15, 0.2) is 72.8 Å². The van der Waals surface area contributed by atoms with Gasteiger partial charge in [0.1, 0.15) is 11.6 Å². The topological polar surface area (TPSA) is 57.7 Å². The molecule has 1 fully saturated rings. The zero-order valence-corrected chi connectivity index (χ0v) is 20.8. The Morgan fingerprint density at radius 3 is 2.57 bits per heavy atom. The van der Waals surface area contributed by atoms with Crippen LogP contribution in [0, 0.1) is 0 Å². The minimum absolute atomic E-state index is 0.0308. The summed E-state index contributed by atoms with van der Waals surface area (Å²) in [5.74, 6) is 1.86. The Hall–Kier alpha value is -3.42. The van der Waals surface area contributed by atoms with Crippen molar-refractivity contribution in [3.63, 3.8) is 0 Å². The van der Waals surface area contributed by atoms with Gasteiger partial charge < -0.3 is 15.0 Å². The quantitative estimate of drug-likeness (QED) is 0.386. The number of carbonyl (C=O) groups excluding carboxylic acids is 1. The maximum absolute atomic E-state index is 12.4. The molecule has 6 nitrogen and oxygen atoms in total. The number of benzene rings is 3. The number of methoxy groups -OCH3 is 1. The van der Waals surface area contributed by atoms with Gasteiger partial charge >= 0.3 is 0 Å². The van der Waals surface area contributed by atoms with Crippen LogP contribution in [0.3, 0.4) is 0 Å². The molecule has 0 saturated carbocycles. The third-order valence-electron chi connectivity index (χ3n) is 6.48. The van der Waals surface area contributed by atoms with Crippen LogP contribution in [0.4, 0.5) is 11.5 Å². The number of nitrogens with zero attached hydrogens (tertiary/aromatic N) is 3. The second-order valence-electron chi connectivity index (χ2n) is 8.85. The van der Waals surface area contributed by atoms with E-state index in [1.165, 1.54) is 15.6 Å². The van der Waals surface area contributed by atoms with Crippen LogP contribution >= 0.6 is 11.5 Å². The molecule has 5 rings (SSSR count). The standard InChI is InChI=1S/C28H30N4O2S/c1-34-24-6-4-5-22(19-24)20-27(33)29-23-11-9-21(10-12-23)13-14-31-15-17-32(18-16-31)28-25-7-2-3-8-26(25)35-30-28/h2-12,19H,13-18,20H2,1H3,(H,29,33). The predicted molar refractivity (Wildman–Crippen MR) is 144 cm³/mol. The van der Waals surface area contributed by atoms with E-state index in [2.05, 4.69) is 51.5 Å². The molecule has 35 heavy (non-hydrogen) atoms. The van der Waals surface area contributed by atoms with Crippen molar-refractivity contribution in [1.82, 2.24) is 9.27 Å². The van der Waals surface area contributed by atoms with Gasteiger partial charge in [-0.1, -0.05) is 36.4 Å². The largest absolute Gasteiger partial charge is 0.497 e. The molecule has 1 aliphatic heterocycles. The van der Waals surface area contributed by atoms with Gasteiger partial charge in [0.15, 0.2) is 0 Å². The second kappa shape index (κ2) is 10.9. The molecule has 1 aromatic heterocycles. The Balaban J connectivity index is 1.07. The highest BCUT2D eigenvalue weighted by atomic mass is 32.1. The van der Waals surface area contributed by atoms with Crippen LogP contribution in [0.2, 0.25) is 0 Å². The predicted octanol–water partition coefficient (Wildman–Crippen LogP) is 4.85. The van der Waals surface area contributed by atoms with Gasteiger partial charge in [0, 0.05) is 43.8 Å². The van der Waals surface area contributed by atoms with Crippen molar-refractivity contribution in [3.05, 3.63) is 83.9 Å². The lowest BCUT2D eigenvalue weighted by Crippen LogP contribution is -2.47. The van der Waals surface area contributed by atoms with Crippen LogP contribution in [-0.2, 0) is 17.6 Å². The van der Waals surface area contributed by atoms with Gasteiger partial charge in [-0.2, -0.15) is 4.37 Å². The Morgan fingerprint density at radius 1 is 0.971 bits per heavy atom. The molecular weight excluding hydrogens is 456 g/mol. The molecule has 2 heterocycles. The van der Waals surface area contributed by atoms with Crippen molar-refractivity contribution in [2.75, 3.05) is 50.1 Å². The van der Waals surface area contributed by atoms with Gasteiger partial charge in [-0.25, -0.2) is 0 Å². The Kier molecular flexibility index (Phi) is 7.25. The van der Waals surface area contributed by atoms with Crippen molar-refractivity contribution in [1.29, 1.82) is 0 Å². The minimum Gasteiger partial charge on any atom is -0.497 e.